The van der Waals surface area contributed by atoms with E-state index in [-0.39, 0.29) is 6.61 Å². The lowest BCUT2D eigenvalue weighted by Crippen LogP contribution is -2.36. The van der Waals surface area contributed by atoms with Gasteiger partial charge in [0, 0.05) is 24.8 Å². The minimum atomic E-state index is 0.203. The topological polar surface area (TPSA) is 49.5 Å². The van der Waals surface area contributed by atoms with Crippen molar-refractivity contribution in [3.8, 4) is 0 Å². The number of rotatable bonds is 5. The fourth-order valence-corrected chi connectivity index (χ4v) is 2.98. The zero-order valence-corrected chi connectivity index (χ0v) is 11.2. The Morgan fingerprint density at radius 1 is 1.33 bits per heavy atom. The average Bonchev–Trinajstić information content (AvgIpc) is 2.90. The highest BCUT2D eigenvalue weighted by Gasteiger charge is 2.23. The van der Waals surface area contributed by atoms with E-state index in [0.29, 0.717) is 19.1 Å². The Labute approximate surface area is 110 Å². The van der Waals surface area contributed by atoms with E-state index in [1.54, 1.807) is 0 Å². The van der Waals surface area contributed by atoms with Crippen LogP contribution in [0, 0.1) is 6.92 Å². The minimum Gasteiger partial charge on any atom is -0.395 e. The zero-order valence-electron chi connectivity index (χ0n) is 11.2. The van der Waals surface area contributed by atoms with Crippen molar-refractivity contribution in [2.45, 2.75) is 45.2 Å². The van der Waals surface area contributed by atoms with Crippen molar-refractivity contribution in [1.82, 2.24) is 0 Å². The maximum absolute atomic E-state index is 9.30. The minimum absolute atomic E-state index is 0.203. The van der Waals surface area contributed by atoms with Crippen LogP contribution in [0.25, 0.3) is 0 Å². The van der Waals surface area contributed by atoms with Crippen LogP contribution in [0.1, 0.15) is 36.8 Å². The highest BCUT2D eigenvalue weighted by Crippen LogP contribution is 2.30. The molecule has 0 heterocycles. The van der Waals surface area contributed by atoms with Gasteiger partial charge in [0.25, 0.3) is 0 Å². The molecule has 0 spiro atoms. The predicted octanol–water partition coefficient (Wildman–Crippen LogP) is 2.20. The summed E-state index contributed by atoms with van der Waals surface area (Å²) in [5, 5.41) is 9.30. The summed E-state index contributed by atoms with van der Waals surface area (Å²) in [5.74, 6) is 0. The van der Waals surface area contributed by atoms with Gasteiger partial charge in [-0.05, 0) is 31.4 Å². The third-order valence-corrected chi connectivity index (χ3v) is 3.87. The summed E-state index contributed by atoms with van der Waals surface area (Å²) in [4.78, 5) is 2.36. The van der Waals surface area contributed by atoms with E-state index in [1.165, 1.54) is 42.5 Å². The van der Waals surface area contributed by atoms with Crippen LogP contribution in [-0.4, -0.2) is 24.3 Å². The highest BCUT2D eigenvalue weighted by atomic mass is 16.3. The van der Waals surface area contributed by atoms with Crippen LogP contribution in [0.15, 0.2) is 18.2 Å². The molecule has 0 aromatic heterocycles. The van der Waals surface area contributed by atoms with E-state index in [9.17, 15) is 5.11 Å². The Morgan fingerprint density at radius 2 is 2.06 bits per heavy atom. The molecule has 1 aromatic rings. The van der Waals surface area contributed by atoms with E-state index in [2.05, 4.69) is 30.0 Å². The fourth-order valence-electron chi connectivity index (χ4n) is 2.98. The molecule has 1 fully saturated rings. The Kier molecular flexibility index (Phi) is 4.61. The molecule has 0 aliphatic heterocycles. The monoisotopic (exact) mass is 248 g/mol. The normalized spacial score (nSPS) is 16.2. The van der Waals surface area contributed by atoms with E-state index in [4.69, 9.17) is 5.73 Å². The van der Waals surface area contributed by atoms with Gasteiger partial charge in [-0.1, -0.05) is 30.5 Å². The third kappa shape index (κ3) is 2.85. The Morgan fingerprint density at radius 3 is 2.67 bits per heavy atom. The van der Waals surface area contributed by atoms with Crippen molar-refractivity contribution in [3.05, 3.63) is 29.3 Å². The van der Waals surface area contributed by atoms with Crippen LogP contribution >= 0.6 is 0 Å². The van der Waals surface area contributed by atoms with E-state index < -0.39 is 0 Å². The molecule has 2 rings (SSSR count). The van der Waals surface area contributed by atoms with Crippen molar-refractivity contribution >= 4 is 5.69 Å². The SMILES string of the molecule is Cc1ccc(N(CCO)C2CCCC2)c(CN)c1. The molecule has 1 aliphatic carbocycles. The molecule has 1 saturated carbocycles. The van der Waals surface area contributed by atoms with Gasteiger partial charge in [-0.2, -0.15) is 0 Å². The fraction of sp³-hybridized carbons (Fsp3) is 0.600. The van der Waals surface area contributed by atoms with E-state index >= 15 is 0 Å². The second-order valence-corrected chi connectivity index (χ2v) is 5.19. The first kappa shape index (κ1) is 13.4. The first-order valence-corrected chi connectivity index (χ1v) is 6.93. The Bertz CT molecular complexity index is 386. The summed E-state index contributed by atoms with van der Waals surface area (Å²) in [6.45, 7) is 3.57. The van der Waals surface area contributed by atoms with Gasteiger partial charge in [0.1, 0.15) is 0 Å². The number of hydrogen-bond acceptors (Lipinski definition) is 3. The lowest BCUT2D eigenvalue weighted by atomic mass is 10.1. The standard InChI is InChI=1S/C15H24N2O/c1-12-6-7-15(13(10-12)11-16)17(8-9-18)14-4-2-3-5-14/h6-7,10,14,18H,2-5,8-9,11,16H2,1H3. The maximum atomic E-state index is 9.30. The van der Waals surface area contributed by atoms with Crippen molar-refractivity contribution in [1.29, 1.82) is 0 Å². The van der Waals surface area contributed by atoms with Crippen LogP contribution in [0.3, 0.4) is 0 Å². The van der Waals surface area contributed by atoms with Crippen LogP contribution in [0.4, 0.5) is 5.69 Å². The number of nitrogens with two attached hydrogens (primary N) is 1. The predicted molar refractivity (Wildman–Crippen MR) is 75.8 cm³/mol. The van der Waals surface area contributed by atoms with Crippen LogP contribution < -0.4 is 10.6 Å². The molecule has 1 aliphatic rings. The van der Waals surface area contributed by atoms with Gasteiger partial charge >= 0.3 is 0 Å². The molecular weight excluding hydrogens is 224 g/mol. The second-order valence-electron chi connectivity index (χ2n) is 5.19. The lowest BCUT2D eigenvalue weighted by Gasteiger charge is -2.32. The van der Waals surface area contributed by atoms with Gasteiger partial charge in [0.2, 0.25) is 0 Å². The smallest absolute Gasteiger partial charge is 0.0606 e. The summed E-state index contributed by atoms with van der Waals surface area (Å²) >= 11 is 0. The number of aliphatic hydroxyl groups excluding tert-OH is 1. The highest BCUT2D eigenvalue weighted by molar-refractivity contribution is 5.56. The number of nitrogens with zero attached hydrogens (tertiary/aromatic N) is 1. The van der Waals surface area contributed by atoms with Gasteiger partial charge in [-0.25, -0.2) is 0 Å². The summed E-state index contributed by atoms with van der Waals surface area (Å²) in [5.41, 5.74) is 9.51. The number of aliphatic hydroxyl groups is 1. The van der Waals surface area contributed by atoms with Gasteiger partial charge in [0.15, 0.2) is 0 Å². The molecule has 0 radical (unpaired) electrons. The molecule has 3 heteroatoms. The average molecular weight is 248 g/mol. The molecular formula is C15H24N2O. The van der Waals surface area contributed by atoms with Gasteiger partial charge < -0.3 is 15.7 Å². The second kappa shape index (κ2) is 6.21. The largest absolute Gasteiger partial charge is 0.395 e. The first-order valence-electron chi connectivity index (χ1n) is 6.93. The lowest BCUT2D eigenvalue weighted by molar-refractivity contribution is 0.297. The van der Waals surface area contributed by atoms with E-state index in [1.807, 2.05) is 0 Å². The summed E-state index contributed by atoms with van der Waals surface area (Å²) in [6.07, 6.45) is 5.07. The summed E-state index contributed by atoms with van der Waals surface area (Å²) in [7, 11) is 0. The number of hydrogen-bond donors (Lipinski definition) is 2. The third-order valence-electron chi connectivity index (χ3n) is 3.87. The molecule has 100 valence electrons. The molecule has 3 nitrogen and oxygen atoms in total. The molecule has 3 N–H and O–H groups in total. The Hall–Kier alpha value is -1.06. The van der Waals surface area contributed by atoms with Crippen molar-refractivity contribution in [2.24, 2.45) is 5.73 Å². The molecule has 1 aromatic carbocycles. The van der Waals surface area contributed by atoms with Crippen molar-refractivity contribution < 1.29 is 5.11 Å². The van der Waals surface area contributed by atoms with Crippen molar-refractivity contribution in [2.75, 3.05) is 18.1 Å². The summed E-state index contributed by atoms with van der Waals surface area (Å²) in [6, 6.07) is 7.03. The first-order chi connectivity index (χ1) is 8.76. The number of anilines is 1. The molecule has 0 saturated heterocycles. The van der Waals surface area contributed by atoms with Crippen LogP contribution in [0.2, 0.25) is 0 Å². The Balaban J connectivity index is 2.28. The van der Waals surface area contributed by atoms with Crippen molar-refractivity contribution in [3.63, 3.8) is 0 Å². The molecule has 0 amide bonds. The molecule has 18 heavy (non-hydrogen) atoms. The van der Waals surface area contributed by atoms with Crippen LogP contribution in [0.5, 0.6) is 0 Å². The van der Waals surface area contributed by atoms with E-state index in [0.717, 1.165) is 0 Å². The number of benzene rings is 1. The van der Waals surface area contributed by atoms with Gasteiger partial charge in [-0.15, -0.1) is 0 Å². The molecule has 0 atom stereocenters. The van der Waals surface area contributed by atoms with Gasteiger partial charge in [-0.3, -0.25) is 0 Å². The van der Waals surface area contributed by atoms with Crippen LogP contribution in [-0.2, 0) is 6.54 Å². The maximum Gasteiger partial charge on any atom is 0.0606 e. The van der Waals surface area contributed by atoms with Gasteiger partial charge in [0.05, 0.1) is 6.61 Å². The quantitative estimate of drug-likeness (QED) is 0.840. The molecule has 0 unspecified atom stereocenters. The zero-order chi connectivity index (χ0) is 13.0. The summed E-state index contributed by atoms with van der Waals surface area (Å²) < 4.78 is 0. The molecule has 0 bridgehead atoms. The number of aryl methyl sites for hydroxylation is 1.